The molecule has 0 aromatic heterocycles. The van der Waals surface area contributed by atoms with Crippen molar-refractivity contribution in [2.75, 3.05) is 33.8 Å². The topological polar surface area (TPSA) is 33.7 Å². The van der Waals surface area contributed by atoms with Gasteiger partial charge in [0.1, 0.15) is 5.75 Å². The van der Waals surface area contributed by atoms with Crippen molar-refractivity contribution in [2.24, 2.45) is 0 Å². The lowest BCUT2D eigenvalue weighted by Gasteiger charge is -2.38. The van der Waals surface area contributed by atoms with Crippen LogP contribution in [0.15, 0.2) is 24.3 Å². The lowest BCUT2D eigenvalue weighted by atomic mass is 10.1. The van der Waals surface area contributed by atoms with Crippen molar-refractivity contribution in [2.45, 2.75) is 57.5 Å². The summed E-state index contributed by atoms with van der Waals surface area (Å²) in [6, 6.07) is 8.66. The standard InChI is InChI=1S/C20H36N2O2Si.2H2S/c1-20(2,3)25(6,7)24-18-11-12-22(14-18)15-19(21-4)16-9-8-10-17(13-16)23-5;;/h8-10,13,18-19,21H,11-12,14-15H2,1-7H3;2*1H2/t18-,19+;;/m0../s1. The smallest absolute Gasteiger partial charge is 0.192 e. The van der Waals surface area contributed by atoms with Crippen LogP contribution in [0.1, 0.15) is 38.8 Å². The Morgan fingerprint density at radius 2 is 1.93 bits per heavy atom. The van der Waals surface area contributed by atoms with E-state index >= 15 is 0 Å². The fraction of sp³-hybridized carbons (Fsp3) is 0.700. The van der Waals surface area contributed by atoms with E-state index in [4.69, 9.17) is 9.16 Å². The van der Waals surface area contributed by atoms with Crippen molar-refractivity contribution in [3.8, 4) is 5.75 Å². The first-order valence-corrected chi connectivity index (χ1v) is 12.3. The molecule has 0 aliphatic carbocycles. The van der Waals surface area contributed by atoms with Gasteiger partial charge in [-0.2, -0.15) is 27.0 Å². The number of likely N-dealkylation sites (N-methyl/N-ethyl adjacent to an activating group) is 1. The van der Waals surface area contributed by atoms with Gasteiger partial charge in [-0.1, -0.05) is 32.9 Å². The summed E-state index contributed by atoms with van der Waals surface area (Å²) in [5, 5.41) is 3.73. The van der Waals surface area contributed by atoms with Gasteiger partial charge in [0.15, 0.2) is 8.32 Å². The lowest BCUT2D eigenvalue weighted by Crippen LogP contribution is -2.44. The number of hydrogen-bond donors (Lipinski definition) is 1. The predicted molar refractivity (Wildman–Crippen MR) is 129 cm³/mol. The zero-order chi connectivity index (χ0) is 18.7. The van der Waals surface area contributed by atoms with Crippen LogP contribution in [0.25, 0.3) is 0 Å². The van der Waals surface area contributed by atoms with Crippen LogP contribution in [0.2, 0.25) is 18.1 Å². The van der Waals surface area contributed by atoms with Gasteiger partial charge in [0.05, 0.1) is 13.2 Å². The quantitative estimate of drug-likeness (QED) is 0.652. The molecule has 0 bridgehead atoms. The number of benzene rings is 1. The molecule has 0 amide bonds. The minimum absolute atomic E-state index is 0. The summed E-state index contributed by atoms with van der Waals surface area (Å²) in [7, 11) is 2.07. The Morgan fingerprint density at radius 3 is 2.48 bits per heavy atom. The average Bonchev–Trinajstić information content (AvgIpc) is 2.98. The summed E-state index contributed by atoms with van der Waals surface area (Å²) >= 11 is 0. The molecule has 0 saturated carbocycles. The van der Waals surface area contributed by atoms with Crippen LogP contribution in [-0.2, 0) is 4.43 Å². The van der Waals surface area contributed by atoms with E-state index in [0.717, 1.165) is 31.8 Å². The Kier molecular flexibility index (Phi) is 11.0. The number of likely N-dealkylation sites (tertiary alicyclic amines) is 1. The van der Waals surface area contributed by atoms with Gasteiger partial charge >= 0.3 is 0 Å². The van der Waals surface area contributed by atoms with Crippen molar-refractivity contribution in [3.63, 3.8) is 0 Å². The molecule has 1 aliphatic rings. The largest absolute Gasteiger partial charge is 0.497 e. The number of nitrogens with one attached hydrogen (secondary N) is 1. The summed E-state index contributed by atoms with van der Waals surface area (Å²) in [5.74, 6) is 0.915. The number of ether oxygens (including phenoxy) is 1. The van der Waals surface area contributed by atoms with Crippen molar-refractivity contribution in [1.82, 2.24) is 10.2 Å². The molecule has 4 nitrogen and oxygen atoms in total. The SMILES string of the molecule is CN[C@H](CN1CC[C@H](O[Si](C)(C)C(C)(C)C)C1)c1cccc(OC)c1.S.S. The van der Waals surface area contributed by atoms with Crippen LogP contribution in [0.5, 0.6) is 5.75 Å². The van der Waals surface area contributed by atoms with Crippen LogP contribution in [0, 0.1) is 0 Å². The molecule has 27 heavy (non-hydrogen) atoms. The number of hydrogen-bond acceptors (Lipinski definition) is 4. The van der Waals surface area contributed by atoms with Gasteiger partial charge in [-0.15, -0.1) is 0 Å². The molecule has 7 heteroatoms. The third-order valence-electron chi connectivity index (χ3n) is 5.78. The van der Waals surface area contributed by atoms with Gasteiger partial charge in [0, 0.05) is 25.7 Å². The Bertz CT molecular complexity index is 567. The third kappa shape index (κ3) is 7.29. The first-order chi connectivity index (χ1) is 11.7. The second-order valence-corrected chi connectivity index (χ2v) is 13.4. The minimum Gasteiger partial charge on any atom is -0.497 e. The minimum atomic E-state index is -1.68. The van der Waals surface area contributed by atoms with E-state index in [9.17, 15) is 0 Å². The van der Waals surface area contributed by atoms with Gasteiger partial charge < -0.3 is 14.5 Å². The lowest BCUT2D eigenvalue weighted by molar-refractivity contribution is 0.177. The second kappa shape index (κ2) is 11.1. The second-order valence-electron chi connectivity index (χ2n) is 8.67. The monoisotopic (exact) mass is 432 g/mol. The van der Waals surface area contributed by atoms with Crippen LogP contribution in [0.3, 0.4) is 0 Å². The summed E-state index contributed by atoms with van der Waals surface area (Å²) < 4.78 is 12.0. The van der Waals surface area contributed by atoms with Crippen molar-refractivity contribution >= 4 is 35.3 Å². The van der Waals surface area contributed by atoms with E-state index < -0.39 is 8.32 Å². The highest BCUT2D eigenvalue weighted by Gasteiger charge is 2.40. The van der Waals surface area contributed by atoms with Gasteiger partial charge in [0.2, 0.25) is 0 Å². The first-order valence-electron chi connectivity index (χ1n) is 9.37. The van der Waals surface area contributed by atoms with Gasteiger partial charge in [-0.05, 0) is 49.3 Å². The Morgan fingerprint density at radius 1 is 1.26 bits per heavy atom. The molecular formula is C20H40N2O2S2Si. The molecule has 0 radical (unpaired) electrons. The van der Waals surface area contributed by atoms with E-state index in [-0.39, 0.29) is 32.0 Å². The summed E-state index contributed by atoms with van der Waals surface area (Å²) in [6.07, 6.45) is 1.52. The fourth-order valence-corrected chi connectivity index (χ4v) is 4.51. The molecule has 2 rings (SSSR count). The zero-order valence-corrected chi connectivity index (χ0v) is 21.1. The summed E-state index contributed by atoms with van der Waals surface area (Å²) in [4.78, 5) is 2.53. The van der Waals surface area contributed by atoms with Gasteiger partial charge in [-0.25, -0.2) is 0 Å². The molecule has 1 heterocycles. The zero-order valence-electron chi connectivity index (χ0n) is 18.1. The molecular weight excluding hydrogens is 392 g/mol. The number of methoxy groups -OCH3 is 1. The molecule has 158 valence electrons. The molecule has 1 fully saturated rings. The van der Waals surface area contributed by atoms with Gasteiger partial charge in [-0.3, -0.25) is 4.90 Å². The molecule has 1 aromatic carbocycles. The molecule has 1 N–H and O–H groups in total. The van der Waals surface area contributed by atoms with Crippen LogP contribution in [0.4, 0.5) is 0 Å². The van der Waals surface area contributed by atoms with Crippen molar-refractivity contribution in [1.29, 1.82) is 0 Å². The van der Waals surface area contributed by atoms with Crippen molar-refractivity contribution in [3.05, 3.63) is 29.8 Å². The maximum atomic E-state index is 6.61. The van der Waals surface area contributed by atoms with E-state index in [1.54, 1.807) is 7.11 Å². The van der Waals surface area contributed by atoms with E-state index in [1.165, 1.54) is 5.56 Å². The highest BCUT2D eigenvalue weighted by Crippen LogP contribution is 2.38. The Balaban J connectivity index is 0.00000338. The van der Waals surface area contributed by atoms with E-state index in [2.05, 4.69) is 62.3 Å². The first kappa shape index (κ1) is 26.8. The predicted octanol–water partition coefficient (Wildman–Crippen LogP) is 4.28. The van der Waals surface area contributed by atoms with E-state index in [1.807, 2.05) is 13.1 Å². The molecule has 1 aliphatic heterocycles. The van der Waals surface area contributed by atoms with E-state index in [0.29, 0.717) is 12.1 Å². The van der Waals surface area contributed by atoms with Crippen molar-refractivity contribution < 1.29 is 9.16 Å². The Labute approximate surface area is 181 Å². The highest BCUT2D eigenvalue weighted by atomic mass is 32.1. The van der Waals surface area contributed by atoms with Crippen LogP contribution >= 0.6 is 27.0 Å². The molecule has 0 unspecified atom stereocenters. The average molecular weight is 433 g/mol. The molecule has 1 saturated heterocycles. The molecule has 1 aromatic rings. The third-order valence-corrected chi connectivity index (χ3v) is 10.3. The normalized spacial score (nSPS) is 19.1. The van der Waals surface area contributed by atoms with Crippen LogP contribution in [-0.4, -0.2) is 53.1 Å². The Hall–Kier alpha value is -0.183. The van der Waals surface area contributed by atoms with Gasteiger partial charge in [0.25, 0.3) is 0 Å². The molecule has 0 spiro atoms. The summed E-state index contributed by atoms with van der Waals surface area (Å²) in [6.45, 7) is 14.8. The molecule has 2 atom stereocenters. The maximum absolute atomic E-state index is 6.61. The fourth-order valence-electron chi connectivity index (χ4n) is 3.13. The summed E-state index contributed by atoms with van der Waals surface area (Å²) in [5.41, 5.74) is 1.27. The number of nitrogens with zero attached hydrogens (tertiary/aromatic N) is 1. The van der Waals surface area contributed by atoms with Crippen LogP contribution < -0.4 is 10.1 Å². The number of rotatable bonds is 7. The highest BCUT2D eigenvalue weighted by molar-refractivity contribution is 7.59. The maximum Gasteiger partial charge on any atom is 0.192 e.